The second-order valence-electron chi connectivity index (χ2n) is 7.49. The lowest BCUT2D eigenvalue weighted by molar-refractivity contribution is -0.147. The quantitative estimate of drug-likeness (QED) is 0.588. The molecule has 1 aromatic carbocycles. The maximum atomic E-state index is 12.3. The van der Waals surface area contributed by atoms with Crippen LogP contribution in [0, 0.1) is 5.92 Å². The smallest absolute Gasteiger partial charge is 0.326 e. The molecule has 156 valence electrons. The second kappa shape index (κ2) is 8.27. The Morgan fingerprint density at radius 3 is 2.93 bits per heavy atom. The zero-order valence-electron chi connectivity index (χ0n) is 16.5. The van der Waals surface area contributed by atoms with Crippen molar-refractivity contribution in [3.8, 4) is 0 Å². The topological polar surface area (TPSA) is 116 Å². The summed E-state index contributed by atoms with van der Waals surface area (Å²) in [7, 11) is 0. The van der Waals surface area contributed by atoms with Crippen LogP contribution in [-0.2, 0) is 33.7 Å². The van der Waals surface area contributed by atoms with Gasteiger partial charge >= 0.3 is 5.97 Å². The minimum absolute atomic E-state index is 0.0501. The maximum Gasteiger partial charge on any atom is 0.326 e. The number of primary amides is 1. The normalized spacial score (nSPS) is 15.6. The number of ether oxygens (including phenoxy) is 1. The van der Waals surface area contributed by atoms with Gasteiger partial charge in [-0.15, -0.1) is 11.3 Å². The number of nitrogens with zero attached hydrogens (tertiary/aromatic N) is 2. The van der Waals surface area contributed by atoms with E-state index in [2.05, 4.69) is 17.2 Å². The third-order valence-corrected chi connectivity index (χ3v) is 6.37. The number of rotatable bonds is 6. The Hall–Kier alpha value is -3.20. The van der Waals surface area contributed by atoms with Crippen LogP contribution in [0.3, 0.4) is 0 Å². The van der Waals surface area contributed by atoms with Crippen LogP contribution in [0.1, 0.15) is 34.1 Å². The predicted molar refractivity (Wildman–Crippen MR) is 113 cm³/mol. The van der Waals surface area contributed by atoms with Gasteiger partial charge in [0, 0.05) is 4.88 Å². The van der Waals surface area contributed by atoms with Crippen LogP contribution < -0.4 is 11.1 Å². The van der Waals surface area contributed by atoms with Crippen molar-refractivity contribution >= 4 is 45.2 Å². The first-order valence-corrected chi connectivity index (χ1v) is 10.5. The molecule has 1 atom stereocenters. The fourth-order valence-electron chi connectivity index (χ4n) is 3.73. The Kier molecular flexibility index (Phi) is 5.54. The zero-order valence-corrected chi connectivity index (χ0v) is 17.3. The average Bonchev–Trinajstić information content (AvgIpc) is 3.27. The predicted octanol–water partition coefficient (Wildman–Crippen LogP) is 2.50. The Balaban J connectivity index is 1.38. The van der Waals surface area contributed by atoms with Crippen LogP contribution in [0.15, 0.2) is 30.6 Å². The molecule has 0 saturated heterocycles. The van der Waals surface area contributed by atoms with Gasteiger partial charge in [-0.2, -0.15) is 0 Å². The standard InChI is InChI=1S/C21H22N4O4S/c1-12-6-7-13-16(8-12)30-21(19(13)20(22)28)24-17(26)10-29-18(27)9-25-11-23-14-4-2-3-5-15(14)25/h2-5,11-12H,6-10H2,1H3,(H2,22,28)(H,24,26). The molecule has 0 radical (unpaired) electrons. The van der Waals surface area contributed by atoms with Gasteiger partial charge in [0.15, 0.2) is 6.61 Å². The van der Waals surface area contributed by atoms with Crippen molar-refractivity contribution in [2.75, 3.05) is 11.9 Å². The van der Waals surface area contributed by atoms with E-state index in [4.69, 9.17) is 10.5 Å². The van der Waals surface area contributed by atoms with Crippen molar-refractivity contribution in [2.24, 2.45) is 11.7 Å². The van der Waals surface area contributed by atoms with Gasteiger partial charge < -0.3 is 20.4 Å². The molecule has 2 heterocycles. The summed E-state index contributed by atoms with van der Waals surface area (Å²) in [6.07, 6.45) is 4.18. The Morgan fingerprint density at radius 2 is 2.13 bits per heavy atom. The molecule has 1 aliphatic rings. The number of aromatic nitrogens is 2. The number of esters is 1. The first kappa shape index (κ1) is 20.1. The van der Waals surface area contributed by atoms with Crippen LogP contribution in [0.5, 0.6) is 0 Å². The molecule has 3 N–H and O–H groups in total. The molecule has 0 bridgehead atoms. The second-order valence-corrected chi connectivity index (χ2v) is 8.60. The van der Waals surface area contributed by atoms with Gasteiger partial charge in [-0.1, -0.05) is 19.1 Å². The van der Waals surface area contributed by atoms with Crippen LogP contribution in [-0.4, -0.2) is 33.9 Å². The van der Waals surface area contributed by atoms with E-state index in [1.165, 1.54) is 11.3 Å². The van der Waals surface area contributed by atoms with Gasteiger partial charge in [0.25, 0.3) is 11.8 Å². The highest BCUT2D eigenvalue weighted by molar-refractivity contribution is 7.17. The largest absolute Gasteiger partial charge is 0.454 e. The number of carbonyl (C=O) groups excluding carboxylic acids is 3. The fourth-order valence-corrected chi connectivity index (χ4v) is 5.16. The van der Waals surface area contributed by atoms with Crippen molar-refractivity contribution < 1.29 is 19.1 Å². The molecule has 2 aromatic heterocycles. The number of hydrogen-bond acceptors (Lipinski definition) is 6. The molecule has 30 heavy (non-hydrogen) atoms. The number of para-hydroxylation sites is 2. The molecule has 1 aliphatic carbocycles. The maximum absolute atomic E-state index is 12.3. The fraction of sp³-hybridized carbons (Fsp3) is 0.333. The third kappa shape index (κ3) is 4.06. The van der Waals surface area contributed by atoms with Gasteiger partial charge in [-0.3, -0.25) is 14.4 Å². The molecule has 0 fully saturated rings. The summed E-state index contributed by atoms with van der Waals surface area (Å²) in [6, 6.07) is 7.43. The number of nitrogens with two attached hydrogens (primary N) is 1. The lowest BCUT2D eigenvalue weighted by Crippen LogP contribution is -2.24. The number of hydrogen-bond donors (Lipinski definition) is 2. The van der Waals surface area contributed by atoms with E-state index in [-0.39, 0.29) is 6.54 Å². The number of nitrogens with one attached hydrogen (secondary N) is 1. The number of amides is 2. The van der Waals surface area contributed by atoms with E-state index in [0.717, 1.165) is 40.7 Å². The number of carbonyl (C=O) groups is 3. The van der Waals surface area contributed by atoms with E-state index in [1.807, 2.05) is 24.3 Å². The summed E-state index contributed by atoms with van der Waals surface area (Å²) in [6.45, 7) is 1.67. The monoisotopic (exact) mass is 426 g/mol. The average molecular weight is 426 g/mol. The van der Waals surface area contributed by atoms with Crippen molar-refractivity contribution in [1.29, 1.82) is 0 Å². The van der Waals surface area contributed by atoms with E-state index >= 15 is 0 Å². The molecular weight excluding hydrogens is 404 g/mol. The van der Waals surface area contributed by atoms with Crippen LogP contribution in [0.4, 0.5) is 5.00 Å². The molecule has 0 aliphatic heterocycles. The highest BCUT2D eigenvalue weighted by Gasteiger charge is 2.27. The molecule has 3 aromatic rings. The van der Waals surface area contributed by atoms with Crippen LogP contribution in [0.2, 0.25) is 0 Å². The van der Waals surface area contributed by atoms with E-state index in [0.29, 0.717) is 16.5 Å². The minimum Gasteiger partial charge on any atom is -0.454 e. The summed E-state index contributed by atoms with van der Waals surface area (Å²) >= 11 is 1.38. The Labute approximate surface area is 177 Å². The molecular formula is C21H22N4O4S. The number of fused-ring (bicyclic) bond motifs is 2. The molecule has 4 rings (SSSR count). The highest BCUT2D eigenvalue weighted by Crippen LogP contribution is 2.39. The lowest BCUT2D eigenvalue weighted by Gasteiger charge is -2.18. The molecule has 8 nitrogen and oxygen atoms in total. The Morgan fingerprint density at radius 1 is 1.33 bits per heavy atom. The summed E-state index contributed by atoms with van der Waals surface area (Å²) in [4.78, 5) is 41.7. The van der Waals surface area contributed by atoms with E-state index in [9.17, 15) is 14.4 Å². The van der Waals surface area contributed by atoms with Crippen molar-refractivity contribution in [3.63, 3.8) is 0 Å². The number of imidazole rings is 1. The summed E-state index contributed by atoms with van der Waals surface area (Å²) in [5, 5.41) is 3.12. The summed E-state index contributed by atoms with van der Waals surface area (Å²) < 4.78 is 6.77. The summed E-state index contributed by atoms with van der Waals surface area (Å²) in [5.41, 5.74) is 8.46. The number of anilines is 1. The minimum atomic E-state index is -0.554. The molecule has 9 heteroatoms. The van der Waals surface area contributed by atoms with Crippen LogP contribution in [0.25, 0.3) is 11.0 Å². The number of benzene rings is 1. The lowest BCUT2D eigenvalue weighted by atomic mass is 9.88. The first-order valence-electron chi connectivity index (χ1n) is 9.72. The molecule has 0 spiro atoms. The van der Waals surface area contributed by atoms with Gasteiger partial charge in [0.1, 0.15) is 11.5 Å². The molecule has 2 amide bonds. The van der Waals surface area contributed by atoms with Gasteiger partial charge in [-0.25, -0.2) is 4.98 Å². The van der Waals surface area contributed by atoms with Gasteiger partial charge in [-0.05, 0) is 42.9 Å². The number of thiophene rings is 1. The van der Waals surface area contributed by atoms with Crippen LogP contribution >= 0.6 is 11.3 Å². The van der Waals surface area contributed by atoms with Crippen molar-refractivity contribution in [2.45, 2.75) is 32.7 Å². The van der Waals surface area contributed by atoms with E-state index < -0.39 is 24.4 Å². The van der Waals surface area contributed by atoms with Crippen molar-refractivity contribution in [1.82, 2.24) is 9.55 Å². The molecule has 0 saturated carbocycles. The first-order chi connectivity index (χ1) is 14.4. The van der Waals surface area contributed by atoms with E-state index in [1.54, 1.807) is 10.9 Å². The third-order valence-electron chi connectivity index (χ3n) is 5.20. The molecule has 1 unspecified atom stereocenters. The Bertz CT molecular complexity index is 1130. The highest BCUT2D eigenvalue weighted by atomic mass is 32.1. The summed E-state index contributed by atoms with van der Waals surface area (Å²) in [5.74, 6) is -1.09. The SMILES string of the molecule is CC1CCc2c(sc(NC(=O)COC(=O)Cn3cnc4ccccc43)c2C(N)=O)C1. The van der Waals surface area contributed by atoms with Gasteiger partial charge in [0.2, 0.25) is 0 Å². The zero-order chi connectivity index (χ0) is 21.3. The van der Waals surface area contributed by atoms with Gasteiger partial charge in [0.05, 0.1) is 22.9 Å². The van der Waals surface area contributed by atoms with Crippen molar-refractivity contribution in [3.05, 3.63) is 46.6 Å².